The minimum absolute atomic E-state index is 0.839. The highest BCUT2D eigenvalue weighted by atomic mass is 32.1. The van der Waals surface area contributed by atoms with Crippen molar-refractivity contribution >= 4 is 70.1 Å². The molecular weight excluding hydrogens is 531 g/mol. The van der Waals surface area contributed by atoms with Gasteiger partial charge in [0.1, 0.15) is 5.75 Å². The Morgan fingerprint density at radius 1 is 0.500 bits per heavy atom. The molecule has 0 aliphatic carbocycles. The van der Waals surface area contributed by atoms with Gasteiger partial charge in [0.2, 0.25) is 0 Å². The molecule has 0 bridgehead atoms. The van der Waals surface area contributed by atoms with Gasteiger partial charge in [-0.25, -0.2) is 0 Å². The summed E-state index contributed by atoms with van der Waals surface area (Å²) < 4.78 is 8.12. The summed E-state index contributed by atoms with van der Waals surface area (Å²) in [7, 11) is 1.71. The van der Waals surface area contributed by atoms with Crippen molar-refractivity contribution in [2.24, 2.45) is 0 Å². The number of nitrogens with zero attached hydrogens (tertiary/aromatic N) is 1. The van der Waals surface area contributed by atoms with Crippen LogP contribution in [0, 0.1) is 0 Å². The Morgan fingerprint density at radius 3 is 1.95 bits per heavy atom. The third-order valence-electron chi connectivity index (χ3n) is 8.16. The lowest BCUT2D eigenvalue weighted by Gasteiger charge is -2.29. The quantitative estimate of drug-likeness (QED) is 0.209. The molecule has 0 spiro atoms. The van der Waals surface area contributed by atoms with Crippen LogP contribution in [-0.4, -0.2) is 7.11 Å². The molecule has 200 valence electrons. The summed E-state index contributed by atoms with van der Waals surface area (Å²) in [5.74, 6) is 0.839. The average molecular weight is 558 g/mol. The van der Waals surface area contributed by atoms with Crippen molar-refractivity contribution in [2.45, 2.75) is 0 Å². The summed E-state index contributed by atoms with van der Waals surface area (Å²) in [5, 5.41) is 7.53. The second-order valence-electron chi connectivity index (χ2n) is 10.5. The maximum atomic E-state index is 5.53. The third-order valence-corrected chi connectivity index (χ3v) is 9.29. The molecule has 0 aliphatic heterocycles. The van der Waals surface area contributed by atoms with Gasteiger partial charge in [-0.1, -0.05) is 97.1 Å². The average Bonchev–Trinajstić information content (AvgIpc) is 3.43. The molecule has 42 heavy (non-hydrogen) atoms. The van der Waals surface area contributed by atoms with Gasteiger partial charge in [0, 0.05) is 37.1 Å². The molecule has 0 saturated heterocycles. The summed E-state index contributed by atoms with van der Waals surface area (Å²) in [6.07, 6.45) is 0. The van der Waals surface area contributed by atoms with Gasteiger partial charge in [-0.3, -0.25) is 0 Å². The van der Waals surface area contributed by atoms with Gasteiger partial charge in [-0.15, -0.1) is 11.3 Å². The van der Waals surface area contributed by atoms with E-state index in [9.17, 15) is 0 Å². The van der Waals surface area contributed by atoms with Crippen LogP contribution in [0.4, 0.5) is 17.1 Å². The van der Waals surface area contributed by atoms with Crippen molar-refractivity contribution in [2.75, 3.05) is 12.0 Å². The van der Waals surface area contributed by atoms with E-state index in [1.807, 2.05) is 23.5 Å². The molecule has 1 aromatic heterocycles. The lowest BCUT2D eigenvalue weighted by Crippen LogP contribution is -2.11. The summed E-state index contributed by atoms with van der Waals surface area (Å²) in [4.78, 5) is 2.40. The minimum atomic E-state index is 0.839. The summed E-state index contributed by atoms with van der Waals surface area (Å²) in [5.41, 5.74) is 5.78. The lowest BCUT2D eigenvalue weighted by molar-refractivity contribution is 0.415. The van der Waals surface area contributed by atoms with Crippen LogP contribution in [0.2, 0.25) is 0 Å². The third kappa shape index (κ3) is 4.01. The smallest absolute Gasteiger partial charge is 0.119 e. The van der Waals surface area contributed by atoms with E-state index in [0.717, 1.165) is 22.8 Å². The van der Waals surface area contributed by atoms with E-state index in [0.29, 0.717) is 0 Å². The summed E-state index contributed by atoms with van der Waals surface area (Å²) in [6, 6.07) is 52.4. The standard InChI is InChI=1S/C39H27NOS/c1-41-30-21-18-28(19-22-30)40(29-20-23-34-33-14-6-7-16-37(33)42-38(34)25-29)36-24-17-27-10-3-5-13-32(27)39(36)35-15-8-11-26-9-2-4-12-31(26)35/h2-25H,1H3. The van der Waals surface area contributed by atoms with Gasteiger partial charge < -0.3 is 9.64 Å². The number of fused-ring (bicyclic) bond motifs is 5. The van der Waals surface area contributed by atoms with Crippen molar-refractivity contribution in [1.82, 2.24) is 0 Å². The fourth-order valence-corrected chi connectivity index (χ4v) is 7.32. The Morgan fingerprint density at radius 2 is 1.14 bits per heavy atom. The minimum Gasteiger partial charge on any atom is -0.497 e. The second-order valence-corrected chi connectivity index (χ2v) is 11.6. The molecule has 0 amide bonds. The maximum Gasteiger partial charge on any atom is 0.119 e. The van der Waals surface area contributed by atoms with Crippen molar-refractivity contribution in [1.29, 1.82) is 0 Å². The first kappa shape index (κ1) is 24.7. The normalized spacial score (nSPS) is 11.5. The highest BCUT2D eigenvalue weighted by molar-refractivity contribution is 7.25. The van der Waals surface area contributed by atoms with E-state index < -0.39 is 0 Å². The van der Waals surface area contributed by atoms with Crippen LogP contribution in [-0.2, 0) is 0 Å². The van der Waals surface area contributed by atoms with Gasteiger partial charge in [0.05, 0.1) is 12.8 Å². The van der Waals surface area contributed by atoms with Crippen LogP contribution in [0.5, 0.6) is 5.75 Å². The molecule has 3 heteroatoms. The van der Waals surface area contributed by atoms with Gasteiger partial charge in [-0.05, 0) is 75.6 Å². The number of anilines is 3. The van der Waals surface area contributed by atoms with Crippen molar-refractivity contribution in [3.63, 3.8) is 0 Å². The van der Waals surface area contributed by atoms with Crippen molar-refractivity contribution in [3.05, 3.63) is 146 Å². The number of hydrogen-bond acceptors (Lipinski definition) is 3. The Labute approximate surface area is 248 Å². The molecular formula is C39H27NOS. The highest BCUT2D eigenvalue weighted by Gasteiger charge is 2.21. The van der Waals surface area contributed by atoms with Crippen molar-refractivity contribution in [3.8, 4) is 16.9 Å². The Balaban J connectivity index is 1.45. The van der Waals surface area contributed by atoms with E-state index in [4.69, 9.17) is 4.74 Å². The first-order valence-corrected chi connectivity index (χ1v) is 15.0. The van der Waals surface area contributed by atoms with Crippen LogP contribution in [0.3, 0.4) is 0 Å². The van der Waals surface area contributed by atoms with Crippen LogP contribution in [0.1, 0.15) is 0 Å². The molecule has 0 saturated carbocycles. The molecule has 8 aromatic rings. The molecule has 0 unspecified atom stereocenters. The molecule has 0 aliphatic rings. The van der Waals surface area contributed by atoms with Gasteiger partial charge >= 0.3 is 0 Å². The van der Waals surface area contributed by atoms with Gasteiger partial charge in [0.15, 0.2) is 0 Å². The fourth-order valence-electron chi connectivity index (χ4n) is 6.19. The summed E-state index contributed by atoms with van der Waals surface area (Å²) >= 11 is 1.85. The number of benzene rings is 7. The van der Waals surface area contributed by atoms with E-state index >= 15 is 0 Å². The molecule has 0 atom stereocenters. The molecule has 7 aromatic carbocycles. The van der Waals surface area contributed by atoms with Crippen LogP contribution < -0.4 is 9.64 Å². The summed E-state index contributed by atoms with van der Waals surface area (Å²) in [6.45, 7) is 0. The largest absolute Gasteiger partial charge is 0.497 e. The number of ether oxygens (including phenoxy) is 1. The predicted octanol–water partition coefficient (Wildman–Crippen LogP) is 11.5. The van der Waals surface area contributed by atoms with E-state index in [1.54, 1.807) is 7.11 Å². The Bertz CT molecular complexity index is 2240. The molecule has 2 nitrogen and oxygen atoms in total. The number of rotatable bonds is 5. The Hall–Kier alpha value is -5.12. The predicted molar refractivity (Wildman–Crippen MR) is 181 cm³/mol. The monoisotopic (exact) mass is 557 g/mol. The second kappa shape index (κ2) is 10.1. The zero-order valence-corrected chi connectivity index (χ0v) is 23.9. The number of hydrogen-bond donors (Lipinski definition) is 0. The van der Waals surface area contributed by atoms with E-state index in [2.05, 4.69) is 138 Å². The van der Waals surface area contributed by atoms with Crippen molar-refractivity contribution < 1.29 is 4.74 Å². The first-order valence-electron chi connectivity index (χ1n) is 14.1. The topological polar surface area (TPSA) is 12.5 Å². The molecule has 0 fully saturated rings. The van der Waals surface area contributed by atoms with Gasteiger partial charge in [0.25, 0.3) is 0 Å². The Kier molecular flexibility index (Phi) is 5.90. The number of thiophene rings is 1. The molecule has 1 heterocycles. The molecule has 8 rings (SSSR count). The van der Waals surface area contributed by atoms with Gasteiger partial charge in [-0.2, -0.15) is 0 Å². The maximum absolute atomic E-state index is 5.53. The van der Waals surface area contributed by atoms with Crippen LogP contribution >= 0.6 is 11.3 Å². The zero-order valence-electron chi connectivity index (χ0n) is 23.1. The highest BCUT2D eigenvalue weighted by Crippen LogP contribution is 2.47. The molecule has 0 radical (unpaired) electrons. The van der Waals surface area contributed by atoms with Crippen LogP contribution in [0.25, 0.3) is 52.8 Å². The fraction of sp³-hybridized carbons (Fsp3) is 0.0256. The van der Waals surface area contributed by atoms with E-state index in [-0.39, 0.29) is 0 Å². The SMILES string of the molecule is COc1ccc(N(c2ccc3c(c2)sc2ccccc23)c2ccc3ccccc3c2-c2cccc3ccccc23)cc1. The van der Waals surface area contributed by atoms with Crippen LogP contribution in [0.15, 0.2) is 146 Å². The molecule has 0 N–H and O–H groups in total. The zero-order chi connectivity index (χ0) is 28.0. The lowest BCUT2D eigenvalue weighted by atomic mass is 9.91. The van der Waals surface area contributed by atoms with E-state index in [1.165, 1.54) is 52.8 Å². The first-order chi connectivity index (χ1) is 20.8. The number of methoxy groups -OCH3 is 1.